The number of rotatable bonds is 1. The van der Waals surface area contributed by atoms with Crippen molar-refractivity contribution in [3.8, 4) is 0 Å². The van der Waals surface area contributed by atoms with Crippen molar-refractivity contribution in [3.05, 3.63) is 24.3 Å². The largest absolute Gasteiger partial charge is 0.256 e. The monoisotopic (exact) mass is 228 g/mol. The van der Waals surface area contributed by atoms with Gasteiger partial charge in [0.25, 0.3) is 0 Å². The third-order valence-electron chi connectivity index (χ3n) is 1.66. The summed E-state index contributed by atoms with van der Waals surface area (Å²) in [6.07, 6.45) is 8.00. The number of amidine groups is 1. The van der Waals surface area contributed by atoms with Crippen LogP contribution in [-0.4, -0.2) is 23.3 Å². The van der Waals surface area contributed by atoms with Crippen molar-refractivity contribution in [2.45, 2.75) is 6.04 Å². The first-order valence-electron chi connectivity index (χ1n) is 3.51. The van der Waals surface area contributed by atoms with Crippen LogP contribution in [0.25, 0.3) is 0 Å². The van der Waals surface area contributed by atoms with Crippen LogP contribution in [-0.2, 0) is 19.5 Å². The molecule has 0 saturated heterocycles. The zero-order valence-corrected chi connectivity index (χ0v) is 10.5. The Morgan fingerprint density at radius 3 is 2.92 bits per heavy atom. The number of aliphatic imine (C=N–C) groups is 2. The Balaban J connectivity index is 0.000000720. The van der Waals surface area contributed by atoms with E-state index in [0.29, 0.717) is 5.75 Å². The standard InChI is InChI=1S/C8H8N2S.Zn/c11-5-8-9-6-3-1-2-4-7(6)10-8;/h1-4,6,11H,5H2;. The number of nitrogens with zero attached hydrogens (tertiary/aromatic N) is 2. The molecule has 2 nitrogen and oxygen atoms in total. The summed E-state index contributed by atoms with van der Waals surface area (Å²) in [5, 5.41) is 0. The molecule has 1 aliphatic heterocycles. The number of hydrogen-bond donors (Lipinski definition) is 1. The van der Waals surface area contributed by atoms with E-state index < -0.39 is 0 Å². The van der Waals surface area contributed by atoms with Gasteiger partial charge in [-0.1, -0.05) is 18.2 Å². The Hall–Kier alpha value is -0.207. The first-order chi connectivity index (χ1) is 5.40. The molecule has 0 aromatic carbocycles. The zero-order chi connectivity index (χ0) is 7.68. The fourth-order valence-electron chi connectivity index (χ4n) is 1.15. The molecule has 1 aliphatic carbocycles. The van der Waals surface area contributed by atoms with Crippen LogP contribution in [0, 0.1) is 0 Å². The van der Waals surface area contributed by atoms with E-state index in [0.717, 1.165) is 11.5 Å². The maximum absolute atomic E-state index is 4.33. The Morgan fingerprint density at radius 2 is 2.25 bits per heavy atom. The smallest absolute Gasteiger partial charge is 0.134 e. The van der Waals surface area contributed by atoms with Gasteiger partial charge in [-0.05, 0) is 6.08 Å². The van der Waals surface area contributed by atoms with Crippen LogP contribution in [0.4, 0.5) is 0 Å². The molecule has 0 saturated carbocycles. The molecule has 2 aliphatic rings. The molecule has 4 heteroatoms. The zero-order valence-electron chi connectivity index (χ0n) is 6.64. The molecule has 0 fully saturated rings. The van der Waals surface area contributed by atoms with Crippen molar-refractivity contribution in [3.63, 3.8) is 0 Å². The van der Waals surface area contributed by atoms with Gasteiger partial charge in [0.2, 0.25) is 0 Å². The van der Waals surface area contributed by atoms with Crippen LogP contribution in [0.5, 0.6) is 0 Å². The predicted molar refractivity (Wildman–Crippen MR) is 50.8 cm³/mol. The molecule has 0 aromatic heterocycles. The summed E-state index contributed by atoms with van der Waals surface area (Å²) in [6, 6.07) is 0.169. The van der Waals surface area contributed by atoms with Gasteiger partial charge in [-0.25, -0.2) is 4.99 Å². The number of thiol groups is 1. The van der Waals surface area contributed by atoms with Crippen molar-refractivity contribution >= 4 is 24.2 Å². The Kier molecular flexibility index (Phi) is 3.42. The first-order valence-corrected chi connectivity index (χ1v) is 4.14. The van der Waals surface area contributed by atoms with Crippen LogP contribution in [0.1, 0.15) is 0 Å². The van der Waals surface area contributed by atoms with E-state index in [1.54, 1.807) is 0 Å². The van der Waals surface area contributed by atoms with Gasteiger partial charge >= 0.3 is 0 Å². The van der Waals surface area contributed by atoms with Crippen LogP contribution in [0.3, 0.4) is 0 Å². The summed E-state index contributed by atoms with van der Waals surface area (Å²) in [5.74, 6) is 1.46. The Labute approximate surface area is 89.7 Å². The van der Waals surface area contributed by atoms with Gasteiger partial charge in [-0.3, -0.25) is 4.99 Å². The average molecular weight is 230 g/mol. The summed E-state index contributed by atoms with van der Waals surface area (Å²) >= 11 is 4.11. The van der Waals surface area contributed by atoms with E-state index in [-0.39, 0.29) is 25.5 Å². The summed E-state index contributed by atoms with van der Waals surface area (Å²) in [5.41, 5.74) is 1.04. The predicted octanol–water partition coefficient (Wildman–Crippen LogP) is 1.26. The second-order valence-electron chi connectivity index (χ2n) is 2.43. The second-order valence-corrected chi connectivity index (χ2v) is 2.75. The van der Waals surface area contributed by atoms with Crippen molar-refractivity contribution in [2.24, 2.45) is 9.98 Å². The molecule has 1 atom stereocenters. The van der Waals surface area contributed by atoms with Gasteiger partial charge in [-0.2, -0.15) is 12.6 Å². The molecule has 1 heterocycles. The third-order valence-corrected chi connectivity index (χ3v) is 1.95. The van der Waals surface area contributed by atoms with Gasteiger partial charge in [-0.15, -0.1) is 0 Å². The minimum atomic E-state index is 0. The maximum atomic E-state index is 4.33. The molecule has 0 aromatic rings. The van der Waals surface area contributed by atoms with Gasteiger partial charge in [0, 0.05) is 19.5 Å². The summed E-state index contributed by atoms with van der Waals surface area (Å²) in [7, 11) is 0. The number of allylic oxidation sites excluding steroid dienone is 2. The molecule has 0 spiro atoms. The molecule has 1 unspecified atom stereocenters. The van der Waals surface area contributed by atoms with E-state index in [9.17, 15) is 0 Å². The van der Waals surface area contributed by atoms with Gasteiger partial charge in [0.05, 0.1) is 11.5 Å². The van der Waals surface area contributed by atoms with Gasteiger partial charge in [0.15, 0.2) is 0 Å². The average Bonchev–Trinajstić information content (AvgIpc) is 2.46. The van der Waals surface area contributed by atoms with Crippen molar-refractivity contribution < 1.29 is 19.5 Å². The van der Waals surface area contributed by atoms with E-state index in [4.69, 9.17) is 0 Å². The summed E-state index contributed by atoms with van der Waals surface area (Å²) in [4.78, 5) is 8.61. The van der Waals surface area contributed by atoms with Crippen LogP contribution in [0.2, 0.25) is 0 Å². The topological polar surface area (TPSA) is 24.7 Å². The Bertz CT molecular complexity index is 291. The molecular formula is C8H8N2SZn. The minimum Gasteiger partial charge on any atom is -0.256 e. The summed E-state index contributed by atoms with van der Waals surface area (Å²) in [6.45, 7) is 0. The van der Waals surface area contributed by atoms with E-state index in [1.807, 2.05) is 24.3 Å². The number of hydrogen-bond acceptors (Lipinski definition) is 3. The van der Waals surface area contributed by atoms with E-state index in [1.165, 1.54) is 0 Å². The number of fused-ring (bicyclic) bond motifs is 1. The minimum absolute atomic E-state index is 0. The van der Waals surface area contributed by atoms with Crippen LogP contribution < -0.4 is 0 Å². The SMILES string of the molecule is SCC1=NC2C=CC=CC2=N1.[Zn]. The fourth-order valence-corrected chi connectivity index (χ4v) is 1.30. The molecule has 12 heavy (non-hydrogen) atoms. The first kappa shape index (κ1) is 9.88. The molecule has 2 rings (SSSR count). The molecule has 58 valence electrons. The normalized spacial score (nSPS) is 24.2. The molecule has 0 N–H and O–H groups in total. The molecule has 0 radical (unpaired) electrons. The van der Waals surface area contributed by atoms with Crippen molar-refractivity contribution in [2.75, 3.05) is 5.75 Å². The fraction of sp³-hybridized carbons (Fsp3) is 0.250. The maximum Gasteiger partial charge on any atom is 0.134 e. The second kappa shape index (κ2) is 4.15. The quantitative estimate of drug-likeness (QED) is 0.517. The van der Waals surface area contributed by atoms with Gasteiger partial charge in [0.1, 0.15) is 11.9 Å². The Morgan fingerprint density at radius 1 is 1.42 bits per heavy atom. The van der Waals surface area contributed by atoms with Crippen LogP contribution >= 0.6 is 12.6 Å². The molecule has 0 bridgehead atoms. The van der Waals surface area contributed by atoms with Crippen molar-refractivity contribution in [1.82, 2.24) is 0 Å². The summed E-state index contributed by atoms with van der Waals surface area (Å²) < 4.78 is 0. The third kappa shape index (κ3) is 1.75. The molecular weight excluding hydrogens is 222 g/mol. The van der Waals surface area contributed by atoms with Crippen molar-refractivity contribution in [1.29, 1.82) is 0 Å². The van der Waals surface area contributed by atoms with Crippen LogP contribution in [0.15, 0.2) is 34.3 Å². The molecule has 0 amide bonds. The van der Waals surface area contributed by atoms with E-state index >= 15 is 0 Å². The van der Waals surface area contributed by atoms with E-state index in [2.05, 4.69) is 22.6 Å². The van der Waals surface area contributed by atoms with Gasteiger partial charge < -0.3 is 0 Å².